The zero-order valence-electron chi connectivity index (χ0n) is 17.4. The highest BCUT2D eigenvalue weighted by atomic mass is 15.3. The minimum Gasteiger partial charge on any atom is -0.326 e. The summed E-state index contributed by atoms with van der Waals surface area (Å²) in [7, 11) is 0. The Labute approximate surface area is 174 Å². The quantitative estimate of drug-likeness (QED) is 0.528. The minimum absolute atomic E-state index is 0.322. The molecular formula is C21H25N9. The molecule has 1 aliphatic heterocycles. The third kappa shape index (κ3) is 3.41. The van der Waals surface area contributed by atoms with E-state index in [-0.39, 0.29) is 0 Å². The average Bonchev–Trinajstić information content (AvgIpc) is 3.47. The van der Waals surface area contributed by atoms with E-state index in [4.69, 9.17) is 0 Å². The summed E-state index contributed by atoms with van der Waals surface area (Å²) >= 11 is 0. The van der Waals surface area contributed by atoms with E-state index in [9.17, 15) is 0 Å². The summed E-state index contributed by atoms with van der Waals surface area (Å²) in [6.45, 7) is 8.30. The van der Waals surface area contributed by atoms with Gasteiger partial charge in [0.15, 0.2) is 5.82 Å². The molecule has 5 heterocycles. The molecule has 0 saturated carbocycles. The fourth-order valence-electron chi connectivity index (χ4n) is 4.06. The van der Waals surface area contributed by atoms with Crippen LogP contribution >= 0.6 is 0 Å². The van der Waals surface area contributed by atoms with Gasteiger partial charge in [-0.1, -0.05) is 0 Å². The topological polar surface area (TPSA) is 98.4 Å². The molecule has 1 saturated heterocycles. The summed E-state index contributed by atoms with van der Waals surface area (Å²) < 4.78 is 4.21. The van der Waals surface area contributed by atoms with Crippen molar-refractivity contribution in [1.29, 1.82) is 0 Å². The number of anilines is 2. The number of hydrogen-bond donors (Lipinski definition) is 2. The third-order valence-corrected chi connectivity index (χ3v) is 5.45. The van der Waals surface area contributed by atoms with Crippen molar-refractivity contribution in [1.82, 2.24) is 39.6 Å². The molecule has 9 heteroatoms. The molecule has 1 fully saturated rings. The molecule has 9 nitrogen and oxygen atoms in total. The maximum atomic E-state index is 4.67. The third-order valence-electron chi connectivity index (χ3n) is 5.45. The number of nitrogens with one attached hydrogen (secondary N) is 2. The Morgan fingerprint density at radius 3 is 2.87 bits per heavy atom. The van der Waals surface area contributed by atoms with Gasteiger partial charge in [0.05, 0.1) is 29.5 Å². The summed E-state index contributed by atoms with van der Waals surface area (Å²) in [5.74, 6) is 3.04. The summed E-state index contributed by atoms with van der Waals surface area (Å²) in [5.41, 5.74) is 2.85. The highest BCUT2D eigenvalue weighted by molar-refractivity contribution is 5.79. The van der Waals surface area contributed by atoms with Crippen molar-refractivity contribution in [3.05, 3.63) is 42.7 Å². The number of fused-ring (bicyclic) bond motifs is 1. The Balaban J connectivity index is 1.41. The van der Waals surface area contributed by atoms with Crippen LogP contribution in [-0.4, -0.2) is 47.4 Å². The van der Waals surface area contributed by atoms with Gasteiger partial charge < -0.3 is 15.2 Å². The van der Waals surface area contributed by atoms with E-state index >= 15 is 0 Å². The molecule has 0 aromatic carbocycles. The molecule has 0 spiro atoms. The smallest absolute Gasteiger partial charge is 0.164 e. The summed E-state index contributed by atoms with van der Waals surface area (Å²) in [5, 5.41) is 11.2. The van der Waals surface area contributed by atoms with Gasteiger partial charge in [0, 0.05) is 31.0 Å². The van der Waals surface area contributed by atoms with Crippen molar-refractivity contribution in [2.75, 3.05) is 18.4 Å². The first-order valence-electron chi connectivity index (χ1n) is 10.3. The first-order valence-corrected chi connectivity index (χ1v) is 10.3. The Morgan fingerprint density at radius 1 is 1.17 bits per heavy atom. The van der Waals surface area contributed by atoms with Crippen LogP contribution in [0.2, 0.25) is 0 Å². The Bertz CT molecular complexity index is 1180. The highest BCUT2D eigenvalue weighted by Crippen LogP contribution is 2.25. The van der Waals surface area contributed by atoms with Crippen LogP contribution < -0.4 is 10.6 Å². The molecule has 1 aliphatic rings. The van der Waals surface area contributed by atoms with Gasteiger partial charge in [0.25, 0.3) is 0 Å². The molecular weight excluding hydrogens is 378 g/mol. The Morgan fingerprint density at radius 2 is 2.07 bits per heavy atom. The number of pyridine rings is 1. The predicted octanol–water partition coefficient (Wildman–Crippen LogP) is 3.25. The molecule has 154 valence electrons. The molecule has 0 radical (unpaired) electrons. The lowest BCUT2D eigenvalue weighted by Gasteiger charge is -2.11. The minimum atomic E-state index is 0.322. The lowest BCUT2D eigenvalue weighted by molar-refractivity contribution is 0.491. The molecule has 0 amide bonds. The maximum absolute atomic E-state index is 4.67. The Kier molecular flexibility index (Phi) is 4.66. The summed E-state index contributed by atoms with van der Waals surface area (Å²) in [6, 6.07) is 4.57. The van der Waals surface area contributed by atoms with E-state index in [2.05, 4.69) is 54.1 Å². The SMILES string of the molecule is Cc1nc2cnc(Nc3ccnc(-c4cnn(C5CCNC5)c4)n3)cc2n1C(C)C. The second-order valence-electron chi connectivity index (χ2n) is 7.93. The fourth-order valence-corrected chi connectivity index (χ4v) is 4.06. The van der Waals surface area contributed by atoms with E-state index in [1.54, 1.807) is 12.4 Å². The van der Waals surface area contributed by atoms with E-state index in [0.717, 1.165) is 47.7 Å². The lowest BCUT2D eigenvalue weighted by Crippen LogP contribution is -2.13. The molecule has 0 aliphatic carbocycles. The predicted molar refractivity (Wildman–Crippen MR) is 116 cm³/mol. The van der Waals surface area contributed by atoms with E-state index < -0.39 is 0 Å². The number of rotatable bonds is 5. The molecule has 1 atom stereocenters. The Hall–Kier alpha value is -3.33. The van der Waals surface area contributed by atoms with Gasteiger partial charge in [-0.25, -0.2) is 19.9 Å². The van der Waals surface area contributed by atoms with Gasteiger partial charge in [0.2, 0.25) is 0 Å². The van der Waals surface area contributed by atoms with Crippen molar-refractivity contribution >= 4 is 22.7 Å². The van der Waals surface area contributed by atoms with Crippen molar-refractivity contribution in [3.63, 3.8) is 0 Å². The molecule has 2 N–H and O–H groups in total. The van der Waals surface area contributed by atoms with Gasteiger partial charge in [-0.3, -0.25) is 4.68 Å². The maximum Gasteiger partial charge on any atom is 0.164 e. The van der Waals surface area contributed by atoms with Gasteiger partial charge in [-0.05, 0) is 39.8 Å². The van der Waals surface area contributed by atoms with Gasteiger partial charge in [0.1, 0.15) is 23.0 Å². The summed E-state index contributed by atoms with van der Waals surface area (Å²) in [4.78, 5) is 18.2. The van der Waals surface area contributed by atoms with E-state index in [0.29, 0.717) is 23.7 Å². The number of aryl methyl sites for hydroxylation is 1. The first kappa shape index (κ1) is 18.7. The standard InChI is InChI=1S/C21H25N9/c1-13(2)30-14(3)26-17-11-24-20(8-18(17)30)27-19-5-7-23-21(28-19)15-9-25-29(12-15)16-4-6-22-10-16/h5,7-9,11-13,16,22H,4,6,10H2,1-3H3,(H,23,24,27,28). The zero-order chi connectivity index (χ0) is 20.7. The molecule has 0 bridgehead atoms. The van der Waals surface area contributed by atoms with Crippen LogP contribution in [0.5, 0.6) is 0 Å². The van der Waals surface area contributed by atoms with Crippen LogP contribution in [0.3, 0.4) is 0 Å². The molecule has 5 rings (SSSR count). The van der Waals surface area contributed by atoms with Crippen LogP contribution in [0.15, 0.2) is 36.9 Å². The van der Waals surface area contributed by atoms with Crippen LogP contribution in [0.1, 0.15) is 38.2 Å². The van der Waals surface area contributed by atoms with Crippen molar-refractivity contribution in [3.8, 4) is 11.4 Å². The largest absolute Gasteiger partial charge is 0.326 e. The number of imidazole rings is 1. The fraction of sp³-hybridized carbons (Fsp3) is 0.381. The van der Waals surface area contributed by atoms with Crippen molar-refractivity contribution in [2.24, 2.45) is 0 Å². The van der Waals surface area contributed by atoms with Gasteiger partial charge in [-0.2, -0.15) is 5.10 Å². The van der Waals surface area contributed by atoms with Crippen molar-refractivity contribution < 1.29 is 0 Å². The first-order chi connectivity index (χ1) is 14.6. The number of nitrogens with zero attached hydrogens (tertiary/aromatic N) is 7. The van der Waals surface area contributed by atoms with Crippen LogP contribution in [-0.2, 0) is 0 Å². The average molecular weight is 403 g/mol. The molecule has 30 heavy (non-hydrogen) atoms. The molecule has 4 aromatic heterocycles. The van der Waals surface area contributed by atoms with Crippen LogP contribution in [0.25, 0.3) is 22.4 Å². The number of aromatic nitrogens is 7. The van der Waals surface area contributed by atoms with Gasteiger partial charge in [-0.15, -0.1) is 0 Å². The van der Waals surface area contributed by atoms with E-state index in [1.165, 1.54) is 0 Å². The number of hydrogen-bond acceptors (Lipinski definition) is 7. The zero-order valence-corrected chi connectivity index (χ0v) is 17.4. The van der Waals surface area contributed by atoms with Crippen molar-refractivity contribution in [2.45, 2.75) is 39.3 Å². The lowest BCUT2D eigenvalue weighted by atomic mass is 10.2. The van der Waals surface area contributed by atoms with Gasteiger partial charge >= 0.3 is 0 Å². The highest BCUT2D eigenvalue weighted by Gasteiger charge is 2.18. The molecule has 1 unspecified atom stereocenters. The van der Waals surface area contributed by atoms with E-state index in [1.807, 2.05) is 36.1 Å². The second kappa shape index (κ2) is 7.49. The van der Waals surface area contributed by atoms with Crippen LogP contribution in [0, 0.1) is 6.92 Å². The van der Waals surface area contributed by atoms with Crippen LogP contribution in [0.4, 0.5) is 11.6 Å². The second-order valence-corrected chi connectivity index (χ2v) is 7.93. The normalized spacial score (nSPS) is 16.6. The molecule has 4 aromatic rings. The monoisotopic (exact) mass is 403 g/mol. The summed E-state index contributed by atoms with van der Waals surface area (Å²) in [6.07, 6.45) is 8.48.